The predicted octanol–water partition coefficient (Wildman–Crippen LogP) is 5.40. The first-order valence-corrected chi connectivity index (χ1v) is 11.7. The Kier molecular flexibility index (Phi) is 5.73. The molecule has 1 unspecified atom stereocenters. The zero-order valence-corrected chi connectivity index (χ0v) is 19.5. The standard InChI is InChI=1S/C26H22N6OS/c1-15(17-4-3-5-18(8-17)20-9-21(26(27)33)13-28-12-20)30-25-11-23(31-16(2)32-25)19-6-7-22-24(10-19)34-14-29-22/h3-15H,1-2H3,(H2,27,33)(H,30,31,32). The quantitative estimate of drug-likeness (QED) is 0.347. The van der Waals surface area contributed by atoms with Crippen LogP contribution < -0.4 is 11.1 Å². The van der Waals surface area contributed by atoms with Gasteiger partial charge in [-0.15, -0.1) is 11.3 Å². The molecule has 2 aromatic carbocycles. The van der Waals surface area contributed by atoms with E-state index in [1.807, 2.05) is 42.8 Å². The van der Waals surface area contributed by atoms with E-state index >= 15 is 0 Å². The third kappa shape index (κ3) is 4.49. The highest BCUT2D eigenvalue weighted by Gasteiger charge is 2.12. The number of nitrogens with two attached hydrogens (primary N) is 1. The van der Waals surface area contributed by atoms with Crippen molar-refractivity contribution in [2.24, 2.45) is 5.73 Å². The van der Waals surface area contributed by atoms with Crippen molar-refractivity contribution >= 4 is 33.3 Å². The topological polar surface area (TPSA) is 107 Å². The van der Waals surface area contributed by atoms with Gasteiger partial charge in [0.15, 0.2) is 0 Å². The van der Waals surface area contributed by atoms with Gasteiger partial charge in [0, 0.05) is 35.6 Å². The number of aromatic nitrogens is 4. The largest absolute Gasteiger partial charge is 0.366 e. The van der Waals surface area contributed by atoms with E-state index < -0.39 is 5.91 Å². The molecular weight excluding hydrogens is 444 g/mol. The minimum atomic E-state index is -0.495. The van der Waals surface area contributed by atoms with Crippen molar-refractivity contribution in [2.45, 2.75) is 19.9 Å². The Morgan fingerprint density at radius 1 is 1.00 bits per heavy atom. The number of carbonyl (C=O) groups is 1. The molecule has 168 valence electrons. The van der Waals surface area contributed by atoms with Crippen LogP contribution >= 0.6 is 11.3 Å². The van der Waals surface area contributed by atoms with Crippen molar-refractivity contribution in [1.82, 2.24) is 19.9 Å². The highest BCUT2D eigenvalue weighted by molar-refractivity contribution is 7.16. The van der Waals surface area contributed by atoms with Crippen LogP contribution in [0.25, 0.3) is 32.6 Å². The SMILES string of the molecule is Cc1nc(NC(C)c2cccc(-c3cncc(C(N)=O)c3)c2)cc(-c2ccc3ncsc3c2)n1. The first kappa shape index (κ1) is 21.7. The summed E-state index contributed by atoms with van der Waals surface area (Å²) in [6, 6.07) is 18.0. The smallest absolute Gasteiger partial charge is 0.250 e. The summed E-state index contributed by atoms with van der Waals surface area (Å²) in [4.78, 5) is 29.3. The Morgan fingerprint density at radius 2 is 1.88 bits per heavy atom. The number of nitrogens with one attached hydrogen (secondary N) is 1. The number of thiazole rings is 1. The maximum atomic E-state index is 11.5. The summed E-state index contributed by atoms with van der Waals surface area (Å²) in [5, 5.41) is 3.50. The van der Waals surface area contributed by atoms with Gasteiger partial charge in [0.1, 0.15) is 11.6 Å². The molecule has 0 aliphatic heterocycles. The fourth-order valence-corrected chi connectivity index (χ4v) is 4.55. The van der Waals surface area contributed by atoms with Crippen LogP contribution in [0.15, 0.2) is 72.5 Å². The lowest BCUT2D eigenvalue weighted by molar-refractivity contribution is 0.1000. The molecule has 0 aliphatic rings. The van der Waals surface area contributed by atoms with Gasteiger partial charge < -0.3 is 11.1 Å². The van der Waals surface area contributed by atoms with Crippen LogP contribution in [0, 0.1) is 6.92 Å². The molecule has 0 radical (unpaired) electrons. The van der Waals surface area contributed by atoms with Gasteiger partial charge in [-0.25, -0.2) is 15.0 Å². The molecule has 1 atom stereocenters. The van der Waals surface area contributed by atoms with Crippen molar-refractivity contribution in [2.75, 3.05) is 5.32 Å². The molecule has 7 nitrogen and oxygen atoms in total. The van der Waals surface area contributed by atoms with E-state index in [4.69, 9.17) is 5.73 Å². The number of aryl methyl sites for hydroxylation is 1. The maximum Gasteiger partial charge on any atom is 0.250 e. The van der Waals surface area contributed by atoms with E-state index in [-0.39, 0.29) is 6.04 Å². The molecule has 5 rings (SSSR count). The summed E-state index contributed by atoms with van der Waals surface area (Å²) < 4.78 is 1.13. The first-order chi connectivity index (χ1) is 16.5. The van der Waals surface area contributed by atoms with Crippen molar-refractivity contribution in [3.63, 3.8) is 0 Å². The van der Waals surface area contributed by atoms with Gasteiger partial charge >= 0.3 is 0 Å². The number of pyridine rings is 1. The van der Waals surface area contributed by atoms with E-state index in [0.29, 0.717) is 11.4 Å². The van der Waals surface area contributed by atoms with Crippen molar-refractivity contribution in [3.8, 4) is 22.4 Å². The molecule has 3 aromatic heterocycles. The second-order valence-corrected chi connectivity index (χ2v) is 8.92. The normalized spacial score (nSPS) is 11.9. The van der Waals surface area contributed by atoms with Crippen molar-refractivity contribution < 1.29 is 4.79 Å². The highest BCUT2D eigenvalue weighted by Crippen LogP contribution is 2.28. The van der Waals surface area contributed by atoms with E-state index in [1.165, 1.54) is 6.20 Å². The molecule has 5 aromatic rings. The molecule has 34 heavy (non-hydrogen) atoms. The van der Waals surface area contributed by atoms with Gasteiger partial charge in [-0.05, 0) is 49.2 Å². The third-order valence-electron chi connectivity index (χ3n) is 5.57. The Morgan fingerprint density at radius 3 is 2.74 bits per heavy atom. The summed E-state index contributed by atoms with van der Waals surface area (Å²) in [5.41, 5.74) is 13.4. The molecular formula is C26H22N6OS. The van der Waals surface area contributed by atoms with Crippen LogP contribution in [0.4, 0.5) is 5.82 Å². The summed E-state index contributed by atoms with van der Waals surface area (Å²) in [6.45, 7) is 3.97. The van der Waals surface area contributed by atoms with Gasteiger partial charge in [0.2, 0.25) is 5.91 Å². The molecule has 0 saturated heterocycles. The second kappa shape index (κ2) is 8.99. The van der Waals surface area contributed by atoms with Crippen LogP contribution in [0.5, 0.6) is 0 Å². The molecule has 3 N–H and O–H groups in total. The Labute approximate surface area is 200 Å². The number of primary amides is 1. The number of benzene rings is 2. The summed E-state index contributed by atoms with van der Waals surface area (Å²) in [5.74, 6) is 0.951. The zero-order chi connectivity index (χ0) is 23.7. The van der Waals surface area contributed by atoms with E-state index in [1.54, 1.807) is 23.6 Å². The van der Waals surface area contributed by atoms with Crippen LogP contribution in [0.3, 0.4) is 0 Å². The first-order valence-electron chi connectivity index (χ1n) is 10.8. The maximum absolute atomic E-state index is 11.5. The fraction of sp³-hybridized carbons (Fsp3) is 0.115. The summed E-state index contributed by atoms with van der Waals surface area (Å²) >= 11 is 1.61. The number of hydrogen-bond donors (Lipinski definition) is 2. The predicted molar refractivity (Wildman–Crippen MR) is 136 cm³/mol. The number of anilines is 1. The highest BCUT2D eigenvalue weighted by atomic mass is 32.1. The van der Waals surface area contributed by atoms with Crippen LogP contribution in [-0.4, -0.2) is 25.8 Å². The number of amides is 1. The van der Waals surface area contributed by atoms with Gasteiger partial charge in [-0.1, -0.05) is 24.3 Å². The number of nitrogens with zero attached hydrogens (tertiary/aromatic N) is 4. The third-order valence-corrected chi connectivity index (χ3v) is 6.36. The lowest BCUT2D eigenvalue weighted by Gasteiger charge is -2.17. The van der Waals surface area contributed by atoms with Crippen molar-refractivity contribution in [3.05, 3.63) is 89.5 Å². The number of hydrogen-bond acceptors (Lipinski definition) is 7. The van der Waals surface area contributed by atoms with Gasteiger partial charge in [-0.2, -0.15) is 0 Å². The van der Waals surface area contributed by atoms with E-state index in [0.717, 1.165) is 44.0 Å². The average Bonchev–Trinajstić information content (AvgIpc) is 3.32. The monoisotopic (exact) mass is 466 g/mol. The number of rotatable bonds is 6. The summed E-state index contributed by atoms with van der Waals surface area (Å²) in [6.07, 6.45) is 3.20. The number of fused-ring (bicyclic) bond motifs is 1. The van der Waals surface area contributed by atoms with Crippen molar-refractivity contribution in [1.29, 1.82) is 0 Å². The Balaban J connectivity index is 1.41. The molecule has 0 aliphatic carbocycles. The number of carbonyl (C=O) groups excluding carboxylic acids is 1. The lowest BCUT2D eigenvalue weighted by atomic mass is 10.00. The van der Waals surface area contributed by atoms with Gasteiger partial charge in [0.25, 0.3) is 0 Å². The lowest BCUT2D eigenvalue weighted by Crippen LogP contribution is -2.11. The molecule has 1 amide bonds. The van der Waals surface area contributed by atoms with Crippen LogP contribution in [0.1, 0.15) is 34.7 Å². The Bertz CT molecular complexity index is 1510. The molecule has 0 fully saturated rings. The van der Waals surface area contributed by atoms with Crippen LogP contribution in [0.2, 0.25) is 0 Å². The molecule has 0 saturated carbocycles. The molecule has 0 spiro atoms. The molecule has 3 heterocycles. The van der Waals surface area contributed by atoms with E-state index in [2.05, 4.69) is 50.4 Å². The average molecular weight is 467 g/mol. The Hall–Kier alpha value is -4.17. The fourth-order valence-electron chi connectivity index (χ4n) is 3.83. The molecule has 8 heteroatoms. The summed E-state index contributed by atoms with van der Waals surface area (Å²) in [7, 11) is 0. The van der Waals surface area contributed by atoms with Crippen LogP contribution in [-0.2, 0) is 0 Å². The minimum absolute atomic E-state index is 0.0154. The van der Waals surface area contributed by atoms with E-state index in [9.17, 15) is 4.79 Å². The van der Waals surface area contributed by atoms with Gasteiger partial charge in [-0.3, -0.25) is 9.78 Å². The minimum Gasteiger partial charge on any atom is -0.366 e. The molecule has 0 bridgehead atoms. The van der Waals surface area contributed by atoms with Gasteiger partial charge in [0.05, 0.1) is 27.0 Å². The second-order valence-electron chi connectivity index (χ2n) is 8.04. The zero-order valence-electron chi connectivity index (χ0n) is 18.7.